The summed E-state index contributed by atoms with van der Waals surface area (Å²) in [7, 11) is 0. The number of aliphatic hydroxyl groups is 1. The van der Waals surface area contributed by atoms with Crippen LogP contribution in [0.5, 0.6) is 0 Å². The molecule has 1 heteroatoms. The van der Waals surface area contributed by atoms with Crippen LogP contribution in [-0.4, -0.2) is 11.7 Å². The molecule has 0 rings (SSSR count). The normalized spacial score (nSPS) is 4.57. The van der Waals surface area contributed by atoms with Crippen LogP contribution in [0, 0.1) is 107 Å². The van der Waals surface area contributed by atoms with Gasteiger partial charge in [0.2, 0.25) is 0 Å². The molecule has 0 spiro atoms. The molecule has 0 atom stereocenters. The molecule has 0 aliphatic heterocycles. The second-order valence-corrected chi connectivity index (χ2v) is 2.67. The van der Waals surface area contributed by atoms with Crippen LogP contribution in [0.3, 0.4) is 0 Å². The maximum absolute atomic E-state index is 8.45. The van der Waals surface area contributed by atoms with Crippen molar-refractivity contribution < 1.29 is 5.11 Å². The molecule has 92 valence electrons. The average molecular weight is 262 g/mol. The molecule has 0 bridgehead atoms. The zero-order chi connectivity index (χ0) is 15.4. The predicted molar refractivity (Wildman–Crippen MR) is 82.7 cm³/mol. The molecular weight excluding hydrogens is 256 g/mol. The van der Waals surface area contributed by atoms with Crippen molar-refractivity contribution in [3.8, 4) is 107 Å². The Hall–Kier alpha value is -4.00. The highest BCUT2D eigenvalue weighted by atomic mass is 16.2. The van der Waals surface area contributed by atoms with Crippen LogP contribution in [-0.2, 0) is 0 Å². The fraction of sp³-hybridized carbons (Fsp3) is 0.100. The van der Waals surface area contributed by atoms with Crippen molar-refractivity contribution in [1.29, 1.82) is 0 Å². The summed E-state index contributed by atoms with van der Waals surface area (Å²) in [5.74, 6) is 41.7. The molecule has 1 N–H and O–H groups in total. The summed E-state index contributed by atoms with van der Waals surface area (Å²) in [6.45, 7) is 0.0251. The SMILES string of the molecule is C#CC#CC#CC#CC#CC#CC#CC#CC#CCCO. The minimum absolute atomic E-state index is 0.0251. The molecule has 0 saturated carbocycles. The fourth-order valence-electron chi connectivity index (χ4n) is 0.605. The molecule has 0 aromatic carbocycles. The molecule has 0 aromatic heterocycles. The van der Waals surface area contributed by atoms with Crippen molar-refractivity contribution >= 4 is 0 Å². The van der Waals surface area contributed by atoms with Gasteiger partial charge in [-0.25, -0.2) is 0 Å². The van der Waals surface area contributed by atoms with Crippen molar-refractivity contribution in [2.45, 2.75) is 6.42 Å². The van der Waals surface area contributed by atoms with Gasteiger partial charge in [0.1, 0.15) is 0 Å². The Bertz CT molecular complexity index is 894. The lowest BCUT2D eigenvalue weighted by Crippen LogP contribution is -1.74. The van der Waals surface area contributed by atoms with Gasteiger partial charge in [-0.3, -0.25) is 0 Å². The molecule has 0 heterocycles. The zero-order valence-electron chi connectivity index (χ0n) is 10.9. The highest BCUT2D eigenvalue weighted by Gasteiger charge is 1.66. The van der Waals surface area contributed by atoms with Crippen LogP contribution in [0.2, 0.25) is 0 Å². The van der Waals surface area contributed by atoms with E-state index in [9.17, 15) is 0 Å². The number of aliphatic hydroxyl groups excluding tert-OH is 1. The van der Waals surface area contributed by atoms with Crippen LogP contribution in [0.4, 0.5) is 0 Å². The first kappa shape index (κ1) is 17.0. The Morgan fingerprint density at radius 3 is 1.19 bits per heavy atom. The van der Waals surface area contributed by atoms with E-state index in [0.29, 0.717) is 6.42 Å². The molecule has 0 aliphatic carbocycles. The molecule has 0 aromatic rings. The summed E-state index contributed by atoms with van der Waals surface area (Å²) in [5, 5.41) is 8.45. The third kappa shape index (κ3) is 16.0. The van der Waals surface area contributed by atoms with Crippen LogP contribution in [0.1, 0.15) is 6.42 Å². The van der Waals surface area contributed by atoms with Gasteiger partial charge >= 0.3 is 0 Å². The third-order valence-electron chi connectivity index (χ3n) is 1.27. The fourth-order valence-corrected chi connectivity index (χ4v) is 0.605. The monoisotopic (exact) mass is 262 g/mol. The summed E-state index contributed by atoms with van der Waals surface area (Å²) in [5.41, 5.74) is 0. The molecule has 1 nitrogen and oxygen atoms in total. The van der Waals surface area contributed by atoms with Gasteiger partial charge in [0.05, 0.1) is 6.61 Å². The number of hydrogen-bond acceptors (Lipinski definition) is 1. The first-order valence-electron chi connectivity index (χ1n) is 5.46. The first-order chi connectivity index (χ1) is 10.4. The molecule has 0 unspecified atom stereocenters. The molecule has 0 aliphatic rings. The molecule has 21 heavy (non-hydrogen) atoms. The third-order valence-corrected chi connectivity index (χ3v) is 1.27. The van der Waals surface area contributed by atoms with Gasteiger partial charge in [0.25, 0.3) is 0 Å². The van der Waals surface area contributed by atoms with E-state index in [2.05, 4.69) is 101 Å². The lowest BCUT2D eigenvalue weighted by atomic mass is 10.4. The van der Waals surface area contributed by atoms with E-state index in [4.69, 9.17) is 11.5 Å². The Labute approximate surface area is 125 Å². The topological polar surface area (TPSA) is 20.2 Å². The molecule has 0 amide bonds. The van der Waals surface area contributed by atoms with E-state index in [1.807, 2.05) is 0 Å². The van der Waals surface area contributed by atoms with Crippen molar-refractivity contribution in [3.63, 3.8) is 0 Å². The Morgan fingerprint density at radius 1 is 0.524 bits per heavy atom. The number of rotatable bonds is 1. The first-order valence-corrected chi connectivity index (χ1v) is 5.46. The van der Waals surface area contributed by atoms with Crippen molar-refractivity contribution in [1.82, 2.24) is 0 Å². The second-order valence-electron chi connectivity index (χ2n) is 2.67. The van der Waals surface area contributed by atoms with E-state index in [0.717, 1.165) is 0 Å². The zero-order valence-corrected chi connectivity index (χ0v) is 10.9. The second kappa shape index (κ2) is 16.0. The van der Waals surface area contributed by atoms with Crippen LogP contribution < -0.4 is 0 Å². The quantitative estimate of drug-likeness (QED) is 0.661. The molecule has 0 fully saturated rings. The Morgan fingerprint density at radius 2 is 0.857 bits per heavy atom. The van der Waals surface area contributed by atoms with Crippen molar-refractivity contribution in [2.75, 3.05) is 6.61 Å². The van der Waals surface area contributed by atoms with Crippen LogP contribution >= 0.6 is 0 Å². The summed E-state index contributed by atoms with van der Waals surface area (Å²) in [4.78, 5) is 0. The van der Waals surface area contributed by atoms with E-state index in [1.54, 1.807) is 0 Å². The minimum Gasteiger partial charge on any atom is -0.395 e. The molecule has 0 radical (unpaired) electrons. The van der Waals surface area contributed by atoms with Crippen molar-refractivity contribution in [2.24, 2.45) is 0 Å². The average Bonchev–Trinajstić information content (AvgIpc) is 2.50. The highest BCUT2D eigenvalue weighted by Crippen LogP contribution is 1.67. The van der Waals surface area contributed by atoms with Crippen LogP contribution in [0.15, 0.2) is 0 Å². The number of hydrogen-bond donors (Lipinski definition) is 1. The summed E-state index contributed by atoms with van der Waals surface area (Å²) < 4.78 is 0. The summed E-state index contributed by atoms with van der Waals surface area (Å²) in [6, 6.07) is 0. The highest BCUT2D eigenvalue weighted by molar-refractivity contribution is 5.46. The van der Waals surface area contributed by atoms with Gasteiger partial charge in [-0.15, -0.1) is 6.42 Å². The Balaban J connectivity index is 4.27. The van der Waals surface area contributed by atoms with E-state index in [-0.39, 0.29) is 6.61 Å². The predicted octanol–water partition coefficient (Wildman–Crippen LogP) is 0.0292. The minimum atomic E-state index is 0.0251. The number of terminal acetylenes is 1. The van der Waals surface area contributed by atoms with Gasteiger partial charge in [-0.05, 0) is 94.7 Å². The van der Waals surface area contributed by atoms with Gasteiger partial charge in [-0.2, -0.15) is 0 Å². The van der Waals surface area contributed by atoms with E-state index in [1.165, 1.54) is 0 Å². The Kier molecular flexibility index (Phi) is 13.0. The van der Waals surface area contributed by atoms with E-state index < -0.39 is 0 Å². The molecular formula is C20H6O. The van der Waals surface area contributed by atoms with Gasteiger partial charge in [-0.1, -0.05) is 5.92 Å². The maximum atomic E-state index is 8.45. The largest absolute Gasteiger partial charge is 0.395 e. The molecule has 0 saturated heterocycles. The summed E-state index contributed by atoms with van der Waals surface area (Å²) >= 11 is 0. The summed E-state index contributed by atoms with van der Waals surface area (Å²) in [6.07, 6.45) is 5.30. The van der Waals surface area contributed by atoms with Gasteiger partial charge < -0.3 is 5.11 Å². The van der Waals surface area contributed by atoms with Crippen molar-refractivity contribution in [3.05, 3.63) is 0 Å². The maximum Gasteiger partial charge on any atom is 0.0540 e. The lowest BCUT2D eigenvalue weighted by molar-refractivity contribution is 0.305. The van der Waals surface area contributed by atoms with Gasteiger partial charge in [0.15, 0.2) is 0 Å². The van der Waals surface area contributed by atoms with Gasteiger partial charge in [0, 0.05) is 6.42 Å². The standard InChI is InChI=1S/C20H6O/c1-2-3-4-5-6-7-8-9-10-11-12-13-14-15-16-17-18-19-20-21/h1,21H,19-20H2. The smallest absolute Gasteiger partial charge is 0.0540 e. The van der Waals surface area contributed by atoms with E-state index >= 15 is 0 Å². The lowest BCUT2D eigenvalue weighted by Gasteiger charge is -1.72. The van der Waals surface area contributed by atoms with Crippen LogP contribution in [0.25, 0.3) is 0 Å².